The van der Waals surface area contributed by atoms with Crippen molar-refractivity contribution in [3.63, 3.8) is 0 Å². The Labute approximate surface area is 182 Å². The summed E-state index contributed by atoms with van der Waals surface area (Å²) >= 11 is 1.12. The summed E-state index contributed by atoms with van der Waals surface area (Å²) in [5.41, 5.74) is 1.19. The molecule has 0 fully saturated rings. The molecule has 1 aromatic heterocycles. The van der Waals surface area contributed by atoms with Crippen molar-refractivity contribution in [2.24, 2.45) is 0 Å². The third-order valence-corrected chi connectivity index (χ3v) is 5.19. The molecule has 1 unspecified atom stereocenters. The van der Waals surface area contributed by atoms with Crippen LogP contribution >= 0.6 is 11.8 Å². The molecule has 31 heavy (non-hydrogen) atoms. The lowest BCUT2D eigenvalue weighted by molar-refractivity contribution is -0.144. The van der Waals surface area contributed by atoms with Gasteiger partial charge in [-0.3, -0.25) is 9.59 Å². The molecule has 0 aliphatic carbocycles. The maximum Gasteiger partial charge on any atom is 0.319 e. The molecule has 0 saturated carbocycles. The number of esters is 1. The number of rotatable bonds is 9. The number of methoxy groups -OCH3 is 1. The third-order valence-electron chi connectivity index (χ3n) is 4.07. The molecular weight excluding hydrogens is 425 g/mol. The number of halogens is 1. The molecule has 0 radical (unpaired) electrons. The zero-order chi connectivity index (χ0) is 22.2. The number of nitrogens with zero attached hydrogens (tertiary/aromatic N) is 2. The maximum absolute atomic E-state index is 12.9. The molecule has 1 N–H and O–H groups in total. The molecule has 1 heterocycles. The minimum Gasteiger partial charge on any atom is -0.497 e. The molecule has 3 aromatic rings. The topological polar surface area (TPSA) is 104 Å². The average molecular weight is 445 g/mol. The number of thioether (sulfide) groups is 1. The summed E-state index contributed by atoms with van der Waals surface area (Å²) in [4.78, 5) is 28.3. The van der Waals surface area contributed by atoms with Crippen molar-refractivity contribution in [1.82, 2.24) is 10.1 Å². The Morgan fingerprint density at radius 3 is 2.55 bits per heavy atom. The van der Waals surface area contributed by atoms with Crippen LogP contribution in [0.1, 0.15) is 12.7 Å². The second kappa shape index (κ2) is 10.6. The number of ether oxygens (including phenoxy) is 2. The Balaban J connectivity index is 1.43. The van der Waals surface area contributed by atoms with E-state index in [0.717, 1.165) is 11.8 Å². The lowest BCUT2D eigenvalue weighted by Gasteiger charge is -2.10. The van der Waals surface area contributed by atoms with Crippen LogP contribution < -0.4 is 10.1 Å². The van der Waals surface area contributed by atoms with E-state index in [2.05, 4.69) is 15.5 Å². The van der Waals surface area contributed by atoms with E-state index < -0.39 is 11.2 Å². The van der Waals surface area contributed by atoms with E-state index in [0.29, 0.717) is 22.9 Å². The summed E-state index contributed by atoms with van der Waals surface area (Å²) < 4.78 is 28.4. The Bertz CT molecular complexity index is 1020. The summed E-state index contributed by atoms with van der Waals surface area (Å²) in [5.74, 6) is 0.0713. The van der Waals surface area contributed by atoms with Gasteiger partial charge in [0.15, 0.2) is 6.61 Å². The van der Waals surface area contributed by atoms with Crippen LogP contribution in [0.2, 0.25) is 0 Å². The van der Waals surface area contributed by atoms with Gasteiger partial charge in [-0.25, -0.2) is 4.39 Å². The zero-order valence-corrected chi connectivity index (χ0v) is 17.6. The minimum absolute atomic E-state index is 0.0392. The molecule has 0 aliphatic heterocycles. The number of aromatic nitrogens is 2. The fourth-order valence-corrected chi connectivity index (χ4v) is 3.09. The summed E-state index contributed by atoms with van der Waals surface area (Å²) in [6.07, 6.45) is 0. The van der Waals surface area contributed by atoms with Crippen LogP contribution in [0.5, 0.6) is 5.75 Å². The Morgan fingerprint density at radius 1 is 1.16 bits per heavy atom. The van der Waals surface area contributed by atoms with Crippen molar-refractivity contribution in [3.8, 4) is 17.2 Å². The second-order valence-corrected chi connectivity index (χ2v) is 7.69. The van der Waals surface area contributed by atoms with E-state index in [1.54, 1.807) is 38.3 Å². The molecule has 0 spiro atoms. The van der Waals surface area contributed by atoms with Gasteiger partial charge in [0, 0.05) is 11.3 Å². The first-order valence-corrected chi connectivity index (χ1v) is 10.3. The van der Waals surface area contributed by atoms with Gasteiger partial charge >= 0.3 is 5.97 Å². The smallest absolute Gasteiger partial charge is 0.319 e. The van der Waals surface area contributed by atoms with Gasteiger partial charge in [0.25, 0.3) is 5.89 Å². The predicted octanol–water partition coefficient (Wildman–Crippen LogP) is 3.69. The largest absolute Gasteiger partial charge is 0.497 e. The highest BCUT2D eigenvalue weighted by Gasteiger charge is 2.18. The third kappa shape index (κ3) is 6.54. The Hall–Kier alpha value is -3.40. The second-order valence-electron chi connectivity index (χ2n) is 6.36. The van der Waals surface area contributed by atoms with Crippen molar-refractivity contribution >= 4 is 29.3 Å². The van der Waals surface area contributed by atoms with E-state index >= 15 is 0 Å². The highest BCUT2D eigenvalue weighted by Crippen LogP contribution is 2.21. The number of hydrogen-bond donors (Lipinski definition) is 1. The quantitative estimate of drug-likeness (QED) is 0.498. The lowest BCUT2D eigenvalue weighted by Crippen LogP contribution is -2.21. The molecule has 10 heteroatoms. The van der Waals surface area contributed by atoms with Crippen LogP contribution in [0.25, 0.3) is 11.5 Å². The number of anilines is 1. The van der Waals surface area contributed by atoms with Crippen molar-refractivity contribution in [2.45, 2.75) is 18.8 Å². The molecule has 2 aromatic carbocycles. The van der Waals surface area contributed by atoms with Gasteiger partial charge in [0.2, 0.25) is 11.7 Å². The first-order chi connectivity index (χ1) is 14.9. The Morgan fingerprint density at radius 2 is 1.87 bits per heavy atom. The SMILES string of the molecule is COc1ccc(-c2nc(COC(=O)C(C)SCC(=O)Nc3ccc(F)cc3)no2)cc1. The van der Waals surface area contributed by atoms with Gasteiger partial charge < -0.3 is 19.3 Å². The van der Waals surface area contributed by atoms with Crippen LogP contribution in [-0.2, 0) is 20.9 Å². The van der Waals surface area contributed by atoms with Gasteiger partial charge in [-0.1, -0.05) is 5.16 Å². The predicted molar refractivity (Wildman–Crippen MR) is 113 cm³/mol. The van der Waals surface area contributed by atoms with Crippen LogP contribution in [0.4, 0.5) is 10.1 Å². The summed E-state index contributed by atoms with van der Waals surface area (Å²) in [6, 6.07) is 12.5. The zero-order valence-electron chi connectivity index (χ0n) is 16.8. The summed E-state index contributed by atoms with van der Waals surface area (Å²) in [5, 5.41) is 5.85. The van der Waals surface area contributed by atoms with Gasteiger partial charge in [0.1, 0.15) is 16.8 Å². The molecule has 1 atom stereocenters. The molecule has 162 valence electrons. The number of benzene rings is 2. The number of carbonyl (C=O) groups is 2. The van der Waals surface area contributed by atoms with Crippen LogP contribution in [0, 0.1) is 5.82 Å². The fourth-order valence-electron chi connectivity index (χ4n) is 2.42. The average Bonchev–Trinajstić information content (AvgIpc) is 3.26. The Kier molecular flexibility index (Phi) is 7.60. The lowest BCUT2D eigenvalue weighted by atomic mass is 10.2. The van der Waals surface area contributed by atoms with E-state index in [1.807, 2.05) is 0 Å². The number of nitrogens with one attached hydrogen (secondary N) is 1. The highest BCUT2D eigenvalue weighted by atomic mass is 32.2. The molecule has 0 aliphatic rings. The van der Waals surface area contributed by atoms with E-state index in [4.69, 9.17) is 14.0 Å². The maximum atomic E-state index is 12.9. The van der Waals surface area contributed by atoms with Crippen LogP contribution in [-0.4, -0.2) is 40.1 Å². The molecular formula is C21H20FN3O5S. The van der Waals surface area contributed by atoms with Crippen molar-refractivity contribution in [1.29, 1.82) is 0 Å². The molecule has 3 rings (SSSR count). The molecule has 0 bridgehead atoms. The molecule has 1 amide bonds. The van der Waals surface area contributed by atoms with E-state index in [9.17, 15) is 14.0 Å². The van der Waals surface area contributed by atoms with Crippen LogP contribution in [0.15, 0.2) is 53.1 Å². The standard InChI is InChI=1S/C21H20FN3O5S/c1-13(31-12-19(26)23-16-7-5-15(22)6-8-16)21(27)29-11-18-24-20(30-25-18)14-3-9-17(28-2)10-4-14/h3-10,13H,11-12H2,1-2H3,(H,23,26). The van der Waals surface area contributed by atoms with E-state index in [-0.39, 0.29) is 29.9 Å². The van der Waals surface area contributed by atoms with Crippen molar-refractivity contribution in [3.05, 3.63) is 60.2 Å². The fraction of sp³-hybridized carbons (Fsp3) is 0.238. The van der Waals surface area contributed by atoms with Gasteiger partial charge in [-0.05, 0) is 55.5 Å². The first kappa shape index (κ1) is 22.3. The van der Waals surface area contributed by atoms with E-state index in [1.165, 1.54) is 24.3 Å². The van der Waals surface area contributed by atoms with Crippen LogP contribution in [0.3, 0.4) is 0 Å². The minimum atomic E-state index is -0.577. The highest BCUT2D eigenvalue weighted by molar-refractivity contribution is 8.01. The van der Waals surface area contributed by atoms with Gasteiger partial charge in [-0.2, -0.15) is 4.98 Å². The molecule has 0 saturated heterocycles. The first-order valence-electron chi connectivity index (χ1n) is 9.25. The summed E-state index contributed by atoms with van der Waals surface area (Å²) in [7, 11) is 1.57. The van der Waals surface area contributed by atoms with Gasteiger partial charge in [0.05, 0.1) is 12.9 Å². The van der Waals surface area contributed by atoms with Crippen molar-refractivity contribution < 1.29 is 28.0 Å². The number of carbonyl (C=O) groups excluding carboxylic acids is 2. The summed E-state index contributed by atoms with van der Waals surface area (Å²) in [6.45, 7) is 1.49. The molecule has 8 nitrogen and oxygen atoms in total. The number of amides is 1. The normalized spacial score (nSPS) is 11.6. The monoisotopic (exact) mass is 445 g/mol. The van der Waals surface area contributed by atoms with Gasteiger partial charge in [-0.15, -0.1) is 11.8 Å². The number of hydrogen-bond acceptors (Lipinski definition) is 8. The van der Waals surface area contributed by atoms with Crippen molar-refractivity contribution in [2.75, 3.05) is 18.2 Å².